The number of sulfonamides is 1. The summed E-state index contributed by atoms with van der Waals surface area (Å²) < 4.78 is 27.7. The number of carboxylic acid groups (broad SMARTS) is 1. The number of benzene rings is 2. The van der Waals surface area contributed by atoms with Gasteiger partial charge in [0, 0.05) is 11.0 Å². The monoisotopic (exact) mass is 411 g/mol. The standard InChI is InChI=1S/C17H18BrNO4S/c1-12-3-9-16(10-4-12)24(22,23)19(13(2)17(20)21)11-14-5-7-15(18)8-6-14/h3-10,13H,11H2,1-2H3,(H,20,21)/t13-/m0/s1. The molecule has 0 aliphatic rings. The molecule has 2 aromatic rings. The molecule has 0 radical (unpaired) electrons. The van der Waals surface area contributed by atoms with E-state index in [2.05, 4.69) is 15.9 Å². The number of halogens is 1. The van der Waals surface area contributed by atoms with E-state index in [1.165, 1.54) is 19.1 Å². The first kappa shape index (κ1) is 18.6. The molecule has 0 fully saturated rings. The Kier molecular flexibility index (Phi) is 5.79. The van der Waals surface area contributed by atoms with E-state index in [9.17, 15) is 18.3 Å². The van der Waals surface area contributed by atoms with Crippen LogP contribution in [0.15, 0.2) is 57.9 Å². The molecule has 0 aromatic heterocycles. The second-order valence-corrected chi connectivity index (χ2v) is 8.31. The van der Waals surface area contributed by atoms with Gasteiger partial charge in [-0.3, -0.25) is 4.79 Å². The minimum atomic E-state index is -3.93. The number of aliphatic carboxylic acids is 1. The fraction of sp³-hybridized carbons (Fsp3) is 0.235. The Morgan fingerprint density at radius 2 is 1.67 bits per heavy atom. The topological polar surface area (TPSA) is 74.7 Å². The van der Waals surface area contributed by atoms with Crippen LogP contribution < -0.4 is 0 Å². The molecule has 0 amide bonds. The average molecular weight is 412 g/mol. The zero-order chi connectivity index (χ0) is 17.9. The van der Waals surface area contributed by atoms with E-state index in [0.29, 0.717) is 5.56 Å². The summed E-state index contributed by atoms with van der Waals surface area (Å²) in [6.45, 7) is 3.21. The summed E-state index contributed by atoms with van der Waals surface area (Å²) in [5.41, 5.74) is 1.64. The van der Waals surface area contributed by atoms with Crippen molar-refractivity contribution >= 4 is 31.9 Å². The molecule has 0 aliphatic heterocycles. The molecule has 1 N–H and O–H groups in total. The van der Waals surface area contributed by atoms with Gasteiger partial charge in [0.1, 0.15) is 6.04 Å². The molecule has 0 bridgehead atoms. The van der Waals surface area contributed by atoms with Gasteiger partial charge in [0.05, 0.1) is 4.90 Å². The lowest BCUT2D eigenvalue weighted by molar-refractivity contribution is -0.141. The third kappa shape index (κ3) is 4.23. The molecule has 0 unspecified atom stereocenters. The van der Waals surface area contributed by atoms with Crippen LogP contribution in [0.5, 0.6) is 0 Å². The highest BCUT2D eigenvalue weighted by atomic mass is 79.9. The van der Waals surface area contributed by atoms with Crippen LogP contribution in [-0.2, 0) is 21.4 Å². The highest BCUT2D eigenvalue weighted by Crippen LogP contribution is 2.22. The molecule has 7 heteroatoms. The maximum absolute atomic E-state index is 12.9. The van der Waals surface area contributed by atoms with Crippen molar-refractivity contribution in [3.8, 4) is 0 Å². The van der Waals surface area contributed by atoms with Crippen molar-refractivity contribution in [2.45, 2.75) is 31.3 Å². The highest BCUT2D eigenvalue weighted by molar-refractivity contribution is 9.10. The maximum atomic E-state index is 12.9. The SMILES string of the molecule is Cc1ccc(S(=O)(=O)N(Cc2ccc(Br)cc2)[C@@H](C)C(=O)O)cc1. The van der Waals surface area contributed by atoms with Crippen molar-refractivity contribution in [1.29, 1.82) is 0 Å². The number of carboxylic acids is 1. The van der Waals surface area contributed by atoms with Crippen LogP contribution in [0.25, 0.3) is 0 Å². The van der Waals surface area contributed by atoms with Crippen LogP contribution in [-0.4, -0.2) is 29.8 Å². The van der Waals surface area contributed by atoms with E-state index in [1.807, 2.05) is 6.92 Å². The Labute approximate surface area is 150 Å². The second-order valence-electron chi connectivity index (χ2n) is 5.50. The van der Waals surface area contributed by atoms with Crippen molar-refractivity contribution in [1.82, 2.24) is 4.31 Å². The fourth-order valence-electron chi connectivity index (χ4n) is 2.17. The normalized spacial score (nSPS) is 13.0. The summed E-state index contributed by atoms with van der Waals surface area (Å²) in [6, 6.07) is 12.3. The summed E-state index contributed by atoms with van der Waals surface area (Å²) in [5.74, 6) is -1.19. The van der Waals surface area contributed by atoms with Gasteiger partial charge in [0.2, 0.25) is 10.0 Å². The summed E-state index contributed by atoms with van der Waals surface area (Å²) in [7, 11) is -3.93. The van der Waals surface area contributed by atoms with E-state index in [1.54, 1.807) is 36.4 Å². The fourth-order valence-corrected chi connectivity index (χ4v) is 4.01. The van der Waals surface area contributed by atoms with E-state index in [4.69, 9.17) is 0 Å². The third-order valence-electron chi connectivity index (χ3n) is 3.67. The molecule has 0 aliphatic carbocycles. The van der Waals surface area contributed by atoms with E-state index in [-0.39, 0.29) is 11.4 Å². The number of aryl methyl sites for hydroxylation is 1. The molecule has 128 valence electrons. The first-order valence-electron chi connectivity index (χ1n) is 7.27. The van der Waals surface area contributed by atoms with Gasteiger partial charge < -0.3 is 5.11 Å². The lowest BCUT2D eigenvalue weighted by atomic mass is 10.2. The third-order valence-corrected chi connectivity index (χ3v) is 6.13. The van der Waals surface area contributed by atoms with Crippen molar-refractivity contribution < 1.29 is 18.3 Å². The van der Waals surface area contributed by atoms with Gasteiger partial charge in [-0.2, -0.15) is 4.31 Å². The van der Waals surface area contributed by atoms with E-state index in [0.717, 1.165) is 14.3 Å². The van der Waals surface area contributed by atoms with Gasteiger partial charge in [-0.1, -0.05) is 45.8 Å². The summed E-state index contributed by atoms with van der Waals surface area (Å²) in [5, 5.41) is 9.32. The van der Waals surface area contributed by atoms with Crippen molar-refractivity contribution in [2.75, 3.05) is 0 Å². The molecule has 0 spiro atoms. The Bertz CT molecular complexity index is 817. The van der Waals surface area contributed by atoms with Crippen molar-refractivity contribution in [2.24, 2.45) is 0 Å². The molecular formula is C17H18BrNO4S. The number of rotatable bonds is 6. The first-order valence-corrected chi connectivity index (χ1v) is 9.51. The minimum Gasteiger partial charge on any atom is -0.480 e. The predicted molar refractivity (Wildman–Crippen MR) is 95.1 cm³/mol. The van der Waals surface area contributed by atoms with E-state index < -0.39 is 22.0 Å². The highest BCUT2D eigenvalue weighted by Gasteiger charge is 2.33. The lowest BCUT2D eigenvalue weighted by Crippen LogP contribution is -2.42. The number of nitrogens with zero attached hydrogens (tertiary/aromatic N) is 1. The van der Waals surface area contributed by atoms with Crippen LogP contribution in [0.1, 0.15) is 18.1 Å². The number of carbonyl (C=O) groups is 1. The van der Waals surface area contributed by atoms with Gasteiger partial charge in [-0.05, 0) is 43.7 Å². The number of hydrogen-bond donors (Lipinski definition) is 1. The Morgan fingerprint density at radius 1 is 1.12 bits per heavy atom. The first-order chi connectivity index (χ1) is 11.2. The zero-order valence-electron chi connectivity index (χ0n) is 13.3. The molecule has 5 nitrogen and oxygen atoms in total. The molecule has 0 saturated heterocycles. The zero-order valence-corrected chi connectivity index (χ0v) is 15.7. The minimum absolute atomic E-state index is 0.0169. The van der Waals surface area contributed by atoms with Crippen molar-refractivity contribution in [3.05, 3.63) is 64.1 Å². The molecule has 1 atom stereocenters. The smallest absolute Gasteiger partial charge is 0.321 e. The summed E-state index contributed by atoms with van der Waals surface area (Å²) >= 11 is 3.32. The molecule has 2 aromatic carbocycles. The molecular weight excluding hydrogens is 394 g/mol. The van der Waals surface area contributed by atoms with Crippen LogP contribution in [0, 0.1) is 6.92 Å². The summed E-state index contributed by atoms with van der Waals surface area (Å²) in [4.78, 5) is 11.5. The Morgan fingerprint density at radius 3 is 2.17 bits per heavy atom. The van der Waals surface area contributed by atoms with Crippen LogP contribution in [0.3, 0.4) is 0 Å². The quantitative estimate of drug-likeness (QED) is 0.789. The van der Waals surface area contributed by atoms with Crippen LogP contribution in [0.4, 0.5) is 0 Å². The van der Waals surface area contributed by atoms with Gasteiger partial charge in [-0.15, -0.1) is 0 Å². The number of hydrogen-bond acceptors (Lipinski definition) is 3. The lowest BCUT2D eigenvalue weighted by Gasteiger charge is -2.26. The predicted octanol–water partition coefficient (Wildman–Crippen LogP) is 3.42. The Balaban J connectivity index is 2.43. The van der Waals surface area contributed by atoms with Gasteiger partial charge in [-0.25, -0.2) is 8.42 Å². The van der Waals surface area contributed by atoms with Crippen LogP contribution in [0.2, 0.25) is 0 Å². The largest absolute Gasteiger partial charge is 0.480 e. The Hall–Kier alpha value is -1.70. The van der Waals surface area contributed by atoms with Gasteiger partial charge in [0.15, 0.2) is 0 Å². The van der Waals surface area contributed by atoms with Crippen LogP contribution >= 0.6 is 15.9 Å². The second kappa shape index (κ2) is 7.46. The average Bonchev–Trinajstić information content (AvgIpc) is 2.53. The molecule has 0 saturated carbocycles. The van der Waals surface area contributed by atoms with E-state index >= 15 is 0 Å². The molecule has 2 rings (SSSR count). The molecule has 24 heavy (non-hydrogen) atoms. The van der Waals surface area contributed by atoms with Gasteiger partial charge >= 0.3 is 5.97 Å². The molecule has 0 heterocycles. The maximum Gasteiger partial charge on any atom is 0.321 e. The van der Waals surface area contributed by atoms with Gasteiger partial charge in [0.25, 0.3) is 0 Å². The summed E-state index contributed by atoms with van der Waals surface area (Å²) in [6.07, 6.45) is 0. The van der Waals surface area contributed by atoms with Crippen molar-refractivity contribution in [3.63, 3.8) is 0 Å².